The van der Waals surface area contributed by atoms with Gasteiger partial charge in [-0.15, -0.1) is 0 Å². The Balaban J connectivity index is 1.36. The highest BCUT2D eigenvalue weighted by molar-refractivity contribution is 5.85. The Hall–Kier alpha value is -3.31. The number of aryl methyl sites for hydroxylation is 1. The molecule has 0 atom stereocenters. The number of hydrogen-bond donors (Lipinski definition) is 1. The molecule has 3 heterocycles. The van der Waals surface area contributed by atoms with E-state index in [0.717, 1.165) is 27.7 Å². The fraction of sp³-hybridized carbons (Fsp3) is 0.269. The number of benzene rings is 2. The average Bonchev–Trinajstić information content (AvgIpc) is 2.80. The predicted molar refractivity (Wildman–Crippen MR) is 127 cm³/mol. The van der Waals surface area contributed by atoms with E-state index in [4.69, 9.17) is 4.98 Å². The van der Waals surface area contributed by atoms with E-state index in [9.17, 15) is 0 Å². The van der Waals surface area contributed by atoms with Crippen LogP contribution in [0.25, 0.3) is 22.0 Å². The molecule has 0 radical (unpaired) electrons. The maximum atomic E-state index is 4.76. The molecular formula is C26H27N5. The standard InChI is InChI=1S/C26H27N5/c1-18-9-12-27-17-24(18)21-3-4-22-16-28-26(30-25(22)15-21)29-23-7-5-19(6-8-23)20-10-13-31(2)14-11-20/h3-9,12,15-17,20H,10-11,13-14H2,1-2H3,(H,28,29,30). The third kappa shape index (κ3) is 4.28. The van der Waals surface area contributed by atoms with Gasteiger partial charge in [-0.05, 0) is 86.8 Å². The van der Waals surface area contributed by atoms with Gasteiger partial charge in [-0.25, -0.2) is 9.97 Å². The van der Waals surface area contributed by atoms with Crippen molar-refractivity contribution < 1.29 is 0 Å². The summed E-state index contributed by atoms with van der Waals surface area (Å²) in [5, 5.41) is 4.38. The second kappa shape index (κ2) is 8.44. The molecule has 1 aliphatic heterocycles. The first-order valence-corrected chi connectivity index (χ1v) is 10.9. The summed E-state index contributed by atoms with van der Waals surface area (Å²) in [5.74, 6) is 1.27. The Morgan fingerprint density at radius 3 is 2.55 bits per heavy atom. The molecule has 1 saturated heterocycles. The van der Waals surface area contributed by atoms with Crippen LogP contribution >= 0.6 is 0 Å². The molecule has 0 unspecified atom stereocenters. The Morgan fingerprint density at radius 2 is 1.77 bits per heavy atom. The van der Waals surface area contributed by atoms with Crippen LogP contribution in [-0.4, -0.2) is 40.0 Å². The van der Waals surface area contributed by atoms with Crippen molar-refractivity contribution in [3.63, 3.8) is 0 Å². The lowest BCUT2D eigenvalue weighted by Crippen LogP contribution is -2.29. The van der Waals surface area contributed by atoms with Crippen LogP contribution in [0.4, 0.5) is 11.6 Å². The molecular weight excluding hydrogens is 382 g/mol. The highest BCUT2D eigenvalue weighted by Crippen LogP contribution is 2.29. The Kier molecular flexibility index (Phi) is 5.35. The van der Waals surface area contributed by atoms with Crippen LogP contribution in [0, 0.1) is 6.92 Å². The van der Waals surface area contributed by atoms with Gasteiger partial charge >= 0.3 is 0 Å². The van der Waals surface area contributed by atoms with E-state index in [1.807, 2.05) is 24.7 Å². The number of hydrogen-bond acceptors (Lipinski definition) is 5. The van der Waals surface area contributed by atoms with Crippen LogP contribution in [0.1, 0.15) is 29.9 Å². The largest absolute Gasteiger partial charge is 0.324 e. The summed E-state index contributed by atoms with van der Waals surface area (Å²) in [6.07, 6.45) is 8.06. The van der Waals surface area contributed by atoms with Crippen molar-refractivity contribution in [2.24, 2.45) is 0 Å². The van der Waals surface area contributed by atoms with Crippen LogP contribution in [0.3, 0.4) is 0 Å². The Morgan fingerprint density at radius 1 is 0.968 bits per heavy atom. The van der Waals surface area contributed by atoms with E-state index in [0.29, 0.717) is 11.9 Å². The van der Waals surface area contributed by atoms with Crippen molar-refractivity contribution >= 4 is 22.5 Å². The van der Waals surface area contributed by atoms with Crippen molar-refractivity contribution in [3.8, 4) is 11.1 Å². The van der Waals surface area contributed by atoms with Crippen LogP contribution < -0.4 is 5.32 Å². The smallest absolute Gasteiger partial charge is 0.227 e. The predicted octanol–water partition coefficient (Wildman–Crippen LogP) is 5.55. The summed E-state index contributed by atoms with van der Waals surface area (Å²) >= 11 is 0. The lowest BCUT2D eigenvalue weighted by Gasteiger charge is -2.29. The molecule has 5 heteroatoms. The average molecular weight is 410 g/mol. The van der Waals surface area contributed by atoms with Crippen LogP contribution in [-0.2, 0) is 0 Å². The third-order valence-corrected chi connectivity index (χ3v) is 6.29. The van der Waals surface area contributed by atoms with Crippen LogP contribution in [0.15, 0.2) is 67.1 Å². The molecule has 0 bridgehead atoms. The molecule has 0 saturated carbocycles. The highest BCUT2D eigenvalue weighted by Gasteiger charge is 2.18. The zero-order valence-corrected chi connectivity index (χ0v) is 18.0. The van der Waals surface area contributed by atoms with E-state index in [1.165, 1.54) is 37.1 Å². The molecule has 31 heavy (non-hydrogen) atoms. The maximum Gasteiger partial charge on any atom is 0.227 e. The minimum atomic E-state index is 0.611. The van der Waals surface area contributed by atoms with Gasteiger partial charge < -0.3 is 10.2 Å². The lowest BCUT2D eigenvalue weighted by atomic mass is 9.89. The van der Waals surface area contributed by atoms with Gasteiger partial charge in [0, 0.05) is 35.2 Å². The molecule has 0 amide bonds. The van der Waals surface area contributed by atoms with Gasteiger partial charge in [0.05, 0.1) is 5.52 Å². The van der Waals surface area contributed by atoms with Gasteiger partial charge in [-0.2, -0.15) is 0 Å². The van der Waals surface area contributed by atoms with Gasteiger partial charge in [-0.1, -0.05) is 24.3 Å². The Labute approximate surface area is 183 Å². The van der Waals surface area contributed by atoms with Gasteiger partial charge in [-0.3, -0.25) is 4.98 Å². The van der Waals surface area contributed by atoms with Crippen molar-refractivity contribution in [1.82, 2.24) is 19.9 Å². The number of nitrogens with one attached hydrogen (secondary N) is 1. The fourth-order valence-electron chi connectivity index (χ4n) is 4.33. The molecule has 1 fully saturated rings. The summed E-state index contributed by atoms with van der Waals surface area (Å²) in [7, 11) is 2.20. The second-order valence-electron chi connectivity index (χ2n) is 8.48. The van der Waals surface area contributed by atoms with Crippen LogP contribution in [0.2, 0.25) is 0 Å². The van der Waals surface area contributed by atoms with E-state index in [1.54, 1.807) is 0 Å². The minimum Gasteiger partial charge on any atom is -0.324 e. The van der Waals surface area contributed by atoms with Crippen molar-refractivity contribution in [3.05, 3.63) is 78.2 Å². The number of anilines is 2. The minimum absolute atomic E-state index is 0.611. The molecule has 0 spiro atoms. The number of piperidine rings is 1. The number of fused-ring (bicyclic) bond motifs is 1. The topological polar surface area (TPSA) is 53.9 Å². The van der Waals surface area contributed by atoms with E-state index >= 15 is 0 Å². The maximum absolute atomic E-state index is 4.76. The zero-order chi connectivity index (χ0) is 21.2. The first-order chi connectivity index (χ1) is 15.2. The van der Waals surface area contributed by atoms with Crippen molar-refractivity contribution in [1.29, 1.82) is 0 Å². The van der Waals surface area contributed by atoms with E-state index in [2.05, 4.69) is 76.6 Å². The first-order valence-electron chi connectivity index (χ1n) is 10.9. The highest BCUT2D eigenvalue weighted by atomic mass is 15.1. The summed E-state index contributed by atoms with van der Waals surface area (Å²) in [4.78, 5) is 15.9. The van der Waals surface area contributed by atoms with Crippen molar-refractivity contribution in [2.75, 3.05) is 25.5 Å². The summed E-state index contributed by atoms with van der Waals surface area (Å²) < 4.78 is 0. The summed E-state index contributed by atoms with van der Waals surface area (Å²) in [6.45, 7) is 4.45. The van der Waals surface area contributed by atoms with Gasteiger partial charge in [0.2, 0.25) is 5.95 Å². The van der Waals surface area contributed by atoms with Crippen LogP contribution in [0.5, 0.6) is 0 Å². The monoisotopic (exact) mass is 409 g/mol. The number of nitrogens with zero attached hydrogens (tertiary/aromatic N) is 4. The number of pyridine rings is 1. The zero-order valence-electron chi connectivity index (χ0n) is 18.0. The molecule has 2 aromatic heterocycles. The quantitative estimate of drug-likeness (QED) is 0.479. The molecule has 156 valence electrons. The van der Waals surface area contributed by atoms with E-state index < -0.39 is 0 Å². The molecule has 1 aliphatic rings. The van der Waals surface area contributed by atoms with Crippen molar-refractivity contribution in [2.45, 2.75) is 25.7 Å². The molecule has 1 N–H and O–H groups in total. The first kappa shape index (κ1) is 19.6. The molecule has 0 aliphatic carbocycles. The molecule has 5 nitrogen and oxygen atoms in total. The van der Waals surface area contributed by atoms with Gasteiger partial charge in [0.1, 0.15) is 0 Å². The van der Waals surface area contributed by atoms with E-state index in [-0.39, 0.29) is 0 Å². The third-order valence-electron chi connectivity index (χ3n) is 6.29. The van der Waals surface area contributed by atoms with Gasteiger partial charge in [0.25, 0.3) is 0 Å². The fourth-order valence-corrected chi connectivity index (χ4v) is 4.33. The Bertz CT molecular complexity index is 1190. The van der Waals surface area contributed by atoms with Gasteiger partial charge in [0.15, 0.2) is 0 Å². The molecule has 2 aromatic carbocycles. The SMILES string of the molecule is Cc1ccncc1-c1ccc2cnc(Nc3ccc(C4CCN(C)CC4)cc3)nc2c1. The molecule has 5 rings (SSSR count). The molecule has 4 aromatic rings. The normalized spacial score (nSPS) is 15.3. The summed E-state index contributed by atoms with van der Waals surface area (Å²) in [6, 6.07) is 17.1. The number of likely N-dealkylation sites (tertiary alicyclic amines) is 1. The lowest BCUT2D eigenvalue weighted by molar-refractivity contribution is 0.255. The summed E-state index contributed by atoms with van der Waals surface area (Å²) in [5.41, 5.74) is 6.80. The number of aromatic nitrogens is 3. The number of rotatable bonds is 4. The second-order valence-corrected chi connectivity index (χ2v) is 8.48.